The van der Waals surface area contributed by atoms with Crippen LogP contribution >= 0.6 is 11.6 Å². The number of hydrogen-bond donors (Lipinski definition) is 1. The van der Waals surface area contributed by atoms with Gasteiger partial charge in [-0.2, -0.15) is 5.26 Å². The summed E-state index contributed by atoms with van der Waals surface area (Å²) >= 11 is 5.94. The fourth-order valence-corrected chi connectivity index (χ4v) is 2.45. The van der Waals surface area contributed by atoms with Crippen molar-refractivity contribution in [3.63, 3.8) is 0 Å². The van der Waals surface area contributed by atoms with Crippen molar-refractivity contribution >= 4 is 34.0 Å². The summed E-state index contributed by atoms with van der Waals surface area (Å²) < 4.78 is 5.61. The second-order valence-electron chi connectivity index (χ2n) is 5.26. The van der Waals surface area contributed by atoms with Crippen LogP contribution < -0.4 is 5.32 Å². The molecule has 0 aliphatic carbocycles. The van der Waals surface area contributed by atoms with Crippen molar-refractivity contribution in [3.05, 3.63) is 64.6 Å². The molecule has 0 radical (unpaired) electrons. The Hall–Kier alpha value is -2.77. The van der Waals surface area contributed by atoms with E-state index in [-0.39, 0.29) is 5.89 Å². The molecular weight excluding hydrogens is 310 g/mol. The molecule has 0 fully saturated rings. The molecule has 0 saturated carbocycles. The van der Waals surface area contributed by atoms with Crippen LogP contribution in [0.2, 0.25) is 5.02 Å². The summed E-state index contributed by atoms with van der Waals surface area (Å²) in [5, 5.41) is 13.1. The average molecular weight is 324 g/mol. The Labute approximate surface area is 139 Å². The van der Waals surface area contributed by atoms with Crippen LogP contribution in [0.1, 0.15) is 17.0 Å². The van der Waals surface area contributed by atoms with E-state index in [0.29, 0.717) is 21.7 Å². The number of aromatic nitrogens is 1. The normalized spacial score (nSPS) is 11.5. The molecule has 1 aromatic heterocycles. The van der Waals surface area contributed by atoms with Crippen molar-refractivity contribution in [3.8, 4) is 6.07 Å². The predicted molar refractivity (Wildman–Crippen MR) is 92.1 cm³/mol. The second kappa shape index (κ2) is 6.15. The number of halogens is 1. The van der Waals surface area contributed by atoms with E-state index in [2.05, 4.69) is 22.4 Å². The molecule has 0 aliphatic rings. The van der Waals surface area contributed by atoms with Crippen molar-refractivity contribution in [1.29, 1.82) is 5.26 Å². The average Bonchev–Trinajstić information content (AvgIpc) is 2.92. The van der Waals surface area contributed by atoms with Crippen LogP contribution in [0.3, 0.4) is 0 Å². The van der Waals surface area contributed by atoms with Gasteiger partial charge in [0.15, 0.2) is 5.58 Å². The quantitative estimate of drug-likeness (QED) is 0.683. The Morgan fingerprint density at radius 2 is 2.09 bits per heavy atom. The lowest BCUT2D eigenvalue weighted by Crippen LogP contribution is -1.94. The van der Waals surface area contributed by atoms with E-state index in [1.807, 2.05) is 26.0 Å². The Morgan fingerprint density at radius 3 is 2.83 bits per heavy atom. The minimum absolute atomic E-state index is 0.266. The number of nitrogens with one attached hydrogen (secondary N) is 1. The van der Waals surface area contributed by atoms with Crippen LogP contribution in [-0.2, 0) is 0 Å². The Bertz CT molecular complexity index is 951. The molecule has 0 spiro atoms. The molecule has 0 aliphatic heterocycles. The van der Waals surface area contributed by atoms with E-state index in [1.165, 1.54) is 5.56 Å². The smallest absolute Gasteiger partial charge is 0.239 e. The molecule has 23 heavy (non-hydrogen) atoms. The molecule has 114 valence electrons. The molecule has 2 aromatic carbocycles. The third-order valence-electron chi connectivity index (χ3n) is 3.45. The van der Waals surface area contributed by atoms with Crippen molar-refractivity contribution in [2.45, 2.75) is 13.8 Å². The van der Waals surface area contributed by atoms with Crippen LogP contribution in [-0.4, -0.2) is 4.98 Å². The number of allylic oxidation sites excluding steroid dienone is 1. The lowest BCUT2D eigenvalue weighted by atomic mass is 10.1. The first-order chi connectivity index (χ1) is 11.1. The summed E-state index contributed by atoms with van der Waals surface area (Å²) in [7, 11) is 0. The fourth-order valence-electron chi connectivity index (χ4n) is 2.28. The number of fused-ring (bicyclic) bond motifs is 1. The van der Waals surface area contributed by atoms with Gasteiger partial charge in [0.05, 0.1) is 0 Å². The van der Waals surface area contributed by atoms with Crippen molar-refractivity contribution < 1.29 is 4.42 Å². The molecule has 0 bridgehead atoms. The number of nitrogens with zero attached hydrogens (tertiary/aromatic N) is 2. The zero-order chi connectivity index (χ0) is 16.4. The largest absolute Gasteiger partial charge is 0.435 e. The SMILES string of the molecule is Cc1ccc(N/C=C(\C#N)c2nc3cc(Cl)ccc3o2)c(C)c1. The van der Waals surface area contributed by atoms with Gasteiger partial charge in [-0.3, -0.25) is 0 Å². The lowest BCUT2D eigenvalue weighted by Gasteiger charge is -2.06. The summed E-state index contributed by atoms with van der Waals surface area (Å²) in [6.07, 6.45) is 1.60. The van der Waals surface area contributed by atoms with E-state index < -0.39 is 0 Å². The molecule has 3 aromatic rings. The standard InChI is InChI=1S/C18H14ClN3O/c1-11-3-5-15(12(2)7-11)21-10-13(9-20)18-22-16-8-14(19)4-6-17(16)23-18/h3-8,10,21H,1-2H3/b13-10+. The number of aryl methyl sites for hydroxylation is 2. The van der Waals surface area contributed by atoms with Gasteiger partial charge in [-0.05, 0) is 43.7 Å². The van der Waals surface area contributed by atoms with E-state index in [4.69, 9.17) is 16.0 Å². The number of nitriles is 1. The Morgan fingerprint density at radius 1 is 1.26 bits per heavy atom. The second-order valence-corrected chi connectivity index (χ2v) is 5.70. The van der Waals surface area contributed by atoms with E-state index in [1.54, 1.807) is 24.4 Å². The van der Waals surface area contributed by atoms with E-state index in [0.717, 1.165) is 11.3 Å². The van der Waals surface area contributed by atoms with Gasteiger partial charge in [0.25, 0.3) is 0 Å². The molecule has 0 atom stereocenters. The predicted octanol–water partition coefficient (Wildman–Crippen LogP) is 5.07. The minimum atomic E-state index is 0.266. The molecule has 1 heterocycles. The van der Waals surface area contributed by atoms with Gasteiger partial charge in [-0.1, -0.05) is 29.3 Å². The number of rotatable bonds is 3. The van der Waals surface area contributed by atoms with Gasteiger partial charge >= 0.3 is 0 Å². The Balaban J connectivity index is 1.93. The monoisotopic (exact) mass is 323 g/mol. The number of anilines is 1. The highest BCUT2D eigenvalue weighted by Crippen LogP contribution is 2.24. The zero-order valence-corrected chi connectivity index (χ0v) is 13.5. The van der Waals surface area contributed by atoms with Gasteiger partial charge in [0.1, 0.15) is 17.2 Å². The molecule has 0 unspecified atom stereocenters. The highest BCUT2D eigenvalue weighted by Gasteiger charge is 2.11. The van der Waals surface area contributed by atoms with E-state index >= 15 is 0 Å². The minimum Gasteiger partial charge on any atom is -0.435 e. The van der Waals surface area contributed by atoms with E-state index in [9.17, 15) is 5.26 Å². The van der Waals surface area contributed by atoms with Gasteiger partial charge < -0.3 is 9.73 Å². The summed E-state index contributed by atoms with van der Waals surface area (Å²) in [6.45, 7) is 4.05. The van der Waals surface area contributed by atoms with Crippen LogP contribution in [0.5, 0.6) is 0 Å². The van der Waals surface area contributed by atoms with Gasteiger partial charge in [-0.25, -0.2) is 4.98 Å². The highest BCUT2D eigenvalue weighted by atomic mass is 35.5. The molecule has 4 nitrogen and oxygen atoms in total. The van der Waals surface area contributed by atoms with Crippen LogP contribution in [0.15, 0.2) is 47.0 Å². The topological polar surface area (TPSA) is 61.9 Å². The third-order valence-corrected chi connectivity index (χ3v) is 3.69. The Kier molecular flexibility index (Phi) is 4.05. The first kappa shape index (κ1) is 15.1. The molecular formula is C18H14ClN3O. The van der Waals surface area contributed by atoms with Crippen LogP contribution in [0, 0.1) is 25.2 Å². The third kappa shape index (κ3) is 3.20. The molecule has 3 rings (SSSR count). The number of benzene rings is 2. The zero-order valence-electron chi connectivity index (χ0n) is 12.7. The molecule has 1 N–H and O–H groups in total. The highest BCUT2D eigenvalue weighted by molar-refractivity contribution is 6.31. The maximum atomic E-state index is 9.37. The number of oxazole rings is 1. The summed E-state index contributed by atoms with van der Waals surface area (Å²) in [4.78, 5) is 4.31. The van der Waals surface area contributed by atoms with Crippen LogP contribution in [0.25, 0.3) is 16.7 Å². The summed E-state index contributed by atoms with van der Waals surface area (Å²) in [6, 6.07) is 13.3. The fraction of sp³-hybridized carbons (Fsp3) is 0.111. The van der Waals surface area contributed by atoms with Crippen molar-refractivity contribution in [1.82, 2.24) is 4.98 Å². The van der Waals surface area contributed by atoms with Gasteiger partial charge in [0, 0.05) is 16.9 Å². The maximum absolute atomic E-state index is 9.37. The summed E-state index contributed by atoms with van der Waals surface area (Å²) in [5.41, 5.74) is 4.76. The van der Waals surface area contributed by atoms with Gasteiger partial charge in [0.2, 0.25) is 5.89 Å². The first-order valence-electron chi connectivity index (χ1n) is 7.07. The number of hydrogen-bond acceptors (Lipinski definition) is 4. The molecule has 0 saturated heterocycles. The van der Waals surface area contributed by atoms with Crippen molar-refractivity contribution in [2.75, 3.05) is 5.32 Å². The molecule has 0 amide bonds. The summed E-state index contributed by atoms with van der Waals surface area (Å²) in [5.74, 6) is 0.266. The maximum Gasteiger partial charge on any atom is 0.239 e. The van der Waals surface area contributed by atoms with Gasteiger partial charge in [-0.15, -0.1) is 0 Å². The van der Waals surface area contributed by atoms with Crippen molar-refractivity contribution in [2.24, 2.45) is 0 Å². The molecule has 5 heteroatoms. The lowest BCUT2D eigenvalue weighted by molar-refractivity contribution is 0.586. The van der Waals surface area contributed by atoms with Crippen LogP contribution in [0.4, 0.5) is 5.69 Å². The first-order valence-corrected chi connectivity index (χ1v) is 7.45.